The summed E-state index contributed by atoms with van der Waals surface area (Å²) in [5.74, 6) is 0.00497. The van der Waals surface area contributed by atoms with Gasteiger partial charge in [-0.1, -0.05) is 30.3 Å². The molecule has 0 spiro atoms. The molecule has 0 atom stereocenters. The highest BCUT2D eigenvalue weighted by Gasteiger charge is 2.19. The summed E-state index contributed by atoms with van der Waals surface area (Å²) in [6, 6.07) is 11.9. The van der Waals surface area contributed by atoms with E-state index in [1.54, 1.807) is 0 Å². The molecule has 4 nitrogen and oxygen atoms in total. The van der Waals surface area contributed by atoms with Crippen LogP contribution in [0.4, 0.5) is 14.9 Å². The fourth-order valence-corrected chi connectivity index (χ4v) is 2.10. The largest absolute Gasteiger partial charge is 0.488 e. The van der Waals surface area contributed by atoms with E-state index in [4.69, 9.17) is 4.74 Å². The minimum Gasteiger partial charge on any atom is -0.488 e. The zero-order valence-corrected chi connectivity index (χ0v) is 10.7. The first kappa shape index (κ1) is 12.5. The Morgan fingerprint density at radius 1 is 1.20 bits per heavy atom. The Morgan fingerprint density at radius 3 is 2.80 bits per heavy atom. The molecule has 0 saturated heterocycles. The van der Waals surface area contributed by atoms with E-state index < -0.39 is 5.82 Å². The predicted molar refractivity (Wildman–Crippen MR) is 73.0 cm³/mol. The number of carbonyl (C=O) groups excluding carboxylic acids is 1. The summed E-state index contributed by atoms with van der Waals surface area (Å²) in [6.45, 7) is 0.677. The second kappa shape index (κ2) is 5.21. The lowest BCUT2D eigenvalue weighted by molar-refractivity contribution is 0.250. The quantitative estimate of drug-likeness (QED) is 0.902. The molecule has 3 rings (SSSR count). The lowest BCUT2D eigenvalue weighted by Gasteiger charge is -2.21. The van der Waals surface area contributed by atoms with Crippen molar-refractivity contribution in [1.29, 1.82) is 0 Å². The summed E-state index contributed by atoms with van der Waals surface area (Å²) < 4.78 is 19.2. The van der Waals surface area contributed by atoms with Crippen molar-refractivity contribution in [3.8, 4) is 5.75 Å². The van der Waals surface area contributed by atoms with Crippen LogP contribution in [0.15, 0.2) is 42.5 Å². The van der Waals surface area contributed by atoms with E-state index in [9.17, 15) is 9.18 Å². The van der Waals surface area contributed by atoms with E-state index in [0.29, 0.717) is 24.6 Å². The van der Waals surface area contributed by atoms with Crippen LogP contribution in [0.2, 0.25) is 0 Å². The number of carbonyl (C=O) groups is 1. The van der Waals surface area contributed by atoms with Gasteiger partial charge in [-0.3, -0.25) is 0 Å². The summed E-state index contributed by atoms with van der Waals surface area (Å²) in [5, 5.41) is 5.21. The molecule has 0 fully saturated rings. The Balaban J connectivity index is 1.84. The van der Waals surface area contributed by atoms with Gasteiger partial charge in [-0.2, -0.15) is 0 Å². The van der Waals surface area contributed by atoms with E-state index in [-0.39, 0.29) is 6.03 Å². The molecule has 20 heavy (non-hydrogen) atoms. The molecular formula is C15H13FN2O2. The number of fused-ring (bicyclic) bond motifs is 1. The standard InChI is InChI=1S/C15H13FN2O2/c16-11-6-13-12(8-17-15(19)18-13)14(7-11)20-9-10-4-2-1-3-5-10/h1-7H,8-9H2,(H2,17,18,19). The Hall–Kier alpha value is -2.56. The van der Waals surface area contributed by atoms with Crippen molar-refractivity contribution < 1.29 is 13.9 Å². The van der Waals surface area contributed by atoms with Gasteiger partial charge in [-0.15, -0.1) is 0 Å². The van der Waals surface area contributed by atoms with E-state index in [1.165, 1.54) is 12.1 Å². The molecule has 1 aliphatic rings. The minimum absolute atomic E-state index is 0.325. The highest BCUT2D eigenvalue weighted by atomic mass is 19.1. The maximum Gasteiger partial charge on any atom is 0.319 e. The van der Waals surface area contributed by atoms with Crippen molar-refractivity contribution in [1.82, 2.24) is 5.32 Å². The first-order chi connectivity index (χ1) is 9.72. The number of hydrogen-bond donors (Lipinski definition) is 2. The number of hydrogen-bond acceptors (Lipinski definition) is 2. The van der Waals surface area contributed by atoms with Gasteiger partial charge >= 0.3 is 6.03 Å². The molecule has 0 saturated carbocycles. The van der Waals surface area contributed by atoms with Gasteiger partial charge in [0.2, 0.25) is 0 Å². The van der Waals surface area contributed by atoms with Crippen molar-refractivity contribution in [3.63, 3.8) is 0 Å². The van der Waals surface area contributed by atoms with Crippen LogP contribution in [0.3, 0.4) is 0 Å². The Bertz CT molecular complexity index is 644. The van der Waals surface area contributed by atoms with Gasteiger partial charge in [-0.25, -0.2) is 9.18 Å². The first-order valence-corrected chi connectivity index (χ1v) is 6.26. The van der Waals surface area contributed by atoms with Crippen LogP contribution in [0.25, 0.3) is 0 Å². The van der Waals surface area contributed by atoms with Gasteiger partial charge in [0.15, 0.2) is 0 Å². The Kier molecular flexibility index (Phi) is 3.25. The Labute approximate surface area is 115 Å². The van der Waals surface area contributed by atoms with Gasteiger partial charge in [0.1, 0.15) is 18.2 Å². The molecule has 0 bridgehead atoms. The van der Waals surface area contributed by atoms with Crippen LogP contribution in [-0.4, -0.2) is 6.03 Å². The third kappa shape index (κ3) is 2.56. The smallest absolute Gasteiger partial charge is 0.319 e. The first-order valence-electron chi connectivity index (χ1n) is 6.26. The number of nitrogens with one attached hydrogen (secondary N) is 2. The maximum atomic E-state index is 13.6. The number of amides is 2. The molecule has 2 N–H and O–H groups in total. The fourth-order valence-electron chi connectivity index (χ4n) is 2.10. The van der Waals surface area contributed by atoms with Crippen molar-refractivity contribution in [2.45, 2.75) is 13.2 Å². The summed E-state index contributed by atoms with van der Waals surface area (Å²) in [4.78, 5) is 11.2. The monoisotopic (exact) mass is 272 g/mol. The van der Waals surface area contributed by atoms with Crippen LogP contribution in [0.1, 0.15) is 11.1 Å². The molecule has 0 aromatic heterocycles. The lowest BCUT2D eigenvalue weighted by Crippen LogP contribution is -2.33. The van der Waals surface area contributed by atoms with Crippen molar-refractivity contribution in [2.24, 2.45) is 0 Å². The molecule has 1 heterocycles. The third-order valence-corrected chi connectivity index (χ3v) is 3.08. The molecule has 2 aromatic rings. The van der Waals surface area contributed by atoms with Gasteiger partial charge in [0.05, 0.1) is 12.2 Å². The van der Waals surface area contributed by atoms with Crippen LogP contribution >= 0.6 is 0 Å². The minimum atomic E-state index is -0.436. The molecule has 0 unspecified atom stereocenters. The van der Waals surface area contributed by atoms with Crippen LogP contribution < -0.4 is 15.4 Å². The van der Waals surface area contributed by atoms with Crippen molar-refractivity contribution >= 4 is 11.7 Å². The van der Waals surface area contributed by atoms with Crippen LogP contribution in [0, 0.1) is 5.82 Å². The number of anilines is 1. The average Bonchev–Trinajstić information content (AvgIpc) is 2.45. The fraction of sp³-hybridized carbons (Fsp3) is 0.133. The summed E-state index contributed by atoms with van der Waals surface area (Å²) in [5.41, 5.74) is 2.21. The second-order valence-corrected chi connectivity index (χ2v) is 4.51. The topological polar surface area (TPSA) is 50.4 Å². The van der Waals surface area contributed by atoms with Crippen molar-refractivity contribution in [2.75, 3.05) is 5.32 Å². The summed E-state index contributed by atoms with van der Waals surface area (Å²) in [6.07, 6.45) is 0. The molecule has 2 aromatic carbocycles. The number of benzene rings is 2. The zero-order valence-electron chi connectivity index (χ0n) is 10.7. The highest BCUT2D eigenvalue weighted by molar-refractivity contribution is 5.92. The number of halogens is 1. The maximum absolute atomic E-state index is 13.6. The van der Waals surface area contributed by atoms with Gasteiger partial charge in [0.25, 0.3) is 0 Å². The molecule has 5 heteroatoms. The molecular weight excluding hydrogens is 259 g/mol. The van der Waals surface area contributed by atoms with E-state index in [2.05, 4.69) is 10.6 Å². The van der Waals surface area contributed by atoms with Crippen LogP contribution in [0.5, 0.6) is 5.75 Å². The van der Waals surface area contributed by atoms with E-state index in [1.807, 2.05) is 30.3 Å². The summed E-state index contributed by atoms with van der Waals surface area (Å²) in [7, 11) is 0. The molecule has 102 valence electrons. The highest BCUT2D eigenvalue weighted by Crippen LogP contribution is 2.30. The van der Waals surface area contributed by atoms with Crippen LogP contribution in [-0.2, 0) is 13.2 Å². The molecule has 2 amide bonds. The average molecular weight is 272 g/mol. The molecule has 0 radical (unpaired) electrons. The number of urea groups is 1. The normalized spacial score (nSPS) is 13.2. The summed E-state index contributed by atoms with van der Waals surface area (Å²) >= 11 is 0. The lowest BCUT2D eigenvalue weighted by atomic mass is 10.1. The van der Waals surface area contributed by atoms with E-state index >= 15 is 0 Å². The van der Waals surface area contributed by atoms with E-state index in [0.717, 1.165) is 11.1 Å². The van der Waals surface area contributed by atoms with Gasteiger partial charge < -0.3 is 15.4 Å². The SMILES string of the molecule is O=C1NCc2c(cc(F)cc2OCc2ccccc2)N1. The molecule has 1 aliphatic heterocycles. The van der Waals surface area contributed by atoms with Gasteiger partial charge in [-0.05, 0) is 11.6 Å². The second-order valence-electron chi connectivity index (χ2n) is 4.51. The molecule has 0 aliphatic carbocycles. The number of ether oxygens (including phenoxy) is 1. The number of rotatable bonds is 3. The zero-order chi connectivity index (χ0) is 13.9. The Morgan fingerprint density at radius 2 is 2.00 bits per heavy atom. The predicted octanol–water partition coefficient (Wildman–Crippen LogP) is 3.04. The van der Waals surface area contributed by atoms with Gasteiger partial charge in [0, 0.05) is 11.6 Å². The van der Waals surface area contributed by atoms with Crippen molar-refractivity contribution in [3.05, 3.63) is 59.4 Å². The third-order valence-electron chi connectivity index (χ3n) is 3.08.